The maximum atomic E-state index is 6.65. The van der Waals surface area contributed by atoms with E-state index in [1.54, 1.807) is 10.9 Å². The topological polar surface area (TPSA) is 55.6 Å². The Labute approximate surface area is 162 Å². The molecule has 0 unspecified atom stereocenters. The Morgan fingerprint density at radius 2 is 1.93 bits per heavy atom. The van der Waals surface area contributed by atoms with Crippen LogP contribution in [0.15, 0.2) is 54.9 Å². The molecular formula is C21H18ClN5. The van der Waals surface area contributed by atoms with Gasteiger partial charge in [-0.1, -0.05) is 35.9 Å². The van der Waals surface area contributed by atoms with Crippen molar-refractivity contribution in [1.29, 1.82) is 0 Å². The molecule has 5 nitrogen and oxygen atoms in total. The Kier molecular flexibility index (Phi) is 3.83. The molecule has 0 amide bonds. The van der Waals surface area contributed by atoms with E-state index in [-0.39, 0.29) is 0 Å². The highest BCUT2D eigenvalue weighted by molar-refractivity contribution is 6.34. The van der Waals surface area contributed by atoms with Crippen LogP contribution in [0.1, 0.15) is 18.4 Å². The third-order valence-electron chi connectivity index (χ3n) is 4.84. The van der Waals surface area contributed by atoms with Crippen LogP contribution in [0.5, 0.6) is 0 Å². The van der Waals surface area contributed by atoms with Gasteiger partial charge in [0.05, 0.1) is 10.5 Å². The fraction of sp³-hybridized carbons (Fsp3) is 0.190. The molecule has 2 heterocycles. The van der Waals surface area contributed by atoms with Gasteiger partial charge in [-0.15, -0.1) is 0 Å². The van der Waals surface area contributed by atoms with Crippen LogP contribution in [0, 0.1) is 6.92 Å². The van der Waals surface area contributed by atoms with E-state index in [0.29, 0.717) is 17.0 Å². The molecule has 1 aliphatic carbocycles. The third-order valence-corrected chi connectivity index (χ3v) is 5.15. The summed E-state index contributed by atoms with van der Waals surface area (Å²) in [7, 11) is 0. The van der Waals surface area contributed by atoms with Crippen LogP contribution < -0.4 is 5.32 Å². The molecule has 0 aliphatic heterocycles. The summed E-state index contributed by atoms with van der Waals surface area (Å²) in [6, 6.07) is 14.6. The molecule has 0 saturated heterocycles. The van der Waals surface area contributed by atoms with Crippen LogP contribution in [0.25, 0.3) is 28.0 Å². The molecule has 0 bridgehead atoms. The molecular weight excluding hydrogens is 358 g/mol. The smallest absolute Gasteiger partial charge is 0.253 e. The van der Waals surface area contributed by atoms with E-state index in [0.717, 1.165) is 27.8 Å². The molecule has 1 aliphatic rings. The van der Waals surface area contributed by atoms with Gasteiger partial charge in [0.25, 0.3) is 5.95 Å². The molecule has 0 spiro atoms. The lowest BCUT2D eigenvalue weighted by molar-refractivity contribution is 0.815. The largest absolute Gasteiger partial charge is 0.367 e. The third kappa shape index (κ3) is 3.04. The summed E-state index contributed by atoms with van der Waals surface area (Å²) in [5.74, 6) is 1.37. The van der Waals surface area contributed by atoms with E-state index in [4.69, 9.17) is 16.6 Å². The SMILES string of the molecule is Cc1ccccc1-c1cc2c(NC3CC3)nc(-n3cccn3)nc2cc1Cl. The maximum absolute atomic E-state index is 6.65. The van der Waals surface area contributed by atoms with Gasteiger partial charge in [0.2, 0.25) is 0 Å². The van der Waals surface area contributed by atoms with Crippen LogP contribution in [-0.4, -0.2) is 25.8 Å². The lowest BCUT2D eigenvalue weighted by Gasteiger charge is -2.14. The molecule has 0 radical (unpaired) electrons. The average molecular weight is 376 g/mol. The van der Waals surface area contributed by atoms with E-state index >= 15 is 0 Å². The number of fused-ring (bicyclic) bond motifs is 1. The summed E-state index contributed by atoms with van der Waals surface area (Å²) in [6.45, 7) is 2.09. The molecule has 0 atom stereocenters. The van der Waals surface area contributed by atoms with Crippen LogP contribution >= 0.6 is 11.6 Å². The van der Waals surface area contributed by atoms with Crippen LogP contribution in [-0.2, 0) is 0 Å². The Bertz CT molecular complexity index is 1130. The first-order chi connectivity index (χ1) is 13.2. The highest BCUT2D eigenvalue weighted by Gasteiger charge is 2.23. The van der Waals surface area contributed by atoms with E-state index in [1.165, 1.54) is 18.4 Å². The van der Waals surface area contributed by atoms with Gasteiger partial charge in [-0.2, -0.15) is 10.1 Å². The minimum Gasteiger partial charge on any atom is -0.367 e. The number of nitrogens with one attached hydrogen (secondary N) is 1. The zero-order chi connectivity index (χ0) is 18.4. The number of hydrogen-bond acceptors (Lipinski definition) is 4. The summed E-state index contributed by atoms with van der Waals surface area (Å²) in [6.07, 6.45) is 5.89. The van der Waals surface area contributed by atoms with Crippen LogP contribution in [0.4, 0.5) is 5.82 Å². The molecule has 1 fully saturated rings. The summed E-state index contributed by atoms with van der Waals surface area (Å²) in [5.41, 5.74) is 4.11. The summed E-state index contributed by atoms with van der Waals surface area (Å²) >= 11 is 6.65. The van der Waals surface area contributed by atoms with Gasteiger partial charge in [0.1, 0.15) is 5.82 Å². The van der Waals surface area contributed by atoms with Crippen molar-refractivity contribution in [3.8, 4) is 17.1 Å². The molecule has 6 heteroatoms. The number of rotatable bonds is 4. The van der Waals surface area contributed by atoms with Gasteiger partial charge in [-0.3, -0.25) is 0 Å². The fourth-order valence-corrected chi connectivity index (χ4v) is 3.50. The van der Waals surface area contributed by atoms with E-state index in [9.17, 15) is 0 Å². The van der Waals surface area contributed by atoms with Crippen molar-refractivity contribution in [1.82, 2.24) is 19.7 Å². The zero-order valence-corrected chi connectivity index (χ0v) is 15.6. The van der Waals surface area contributed by atoms with Crippen LogP contribution in [0.2, 0.25) is 5.02 Å². The lowest BCUT2D eigenvalue weighted by atomic mass is 9.99. The van der Waals surface area contributed by atoms with E-state index in [1.807, 2.05) is 30.5 Å². The van der Waals surface area contributed by atoms with Gasteiger partial charge in [-0.05, 0) is 49.1 Å². The van der Waals surface area contributed by atoms with Crippen molar-refractivity contribution in [2.24, 2.45) is 0 Å². The van der Waals surface area contributed by atoms with Gasteiger partial charge < -0.3 is 5.32 Å². The summed E-state index contributed by atoms with van der Waals surface area (Å²) < 4.78 is 1.67. The molecule has 2 aromatic carbocycles. The van der Waals surface area contributed by atoms with Crippen LogP contribution in [0.3, 0.4) is 0 Å². The maximum Gasteiger partial charge on any atom is 0.253 e. The van der Waals surface area contributed by atoms with Crippen molar-refractivity contribution in [2.75, 3.05) is 5.32 Å². The first-order valence-electron chi connectivity index (χ1n) is 9.03. The van der Waals surface area contributed by atoms with Gasteiger partial charge in [-0.25, -0.2) is 9.67 Å². The van der Waals surface area contributed by atoms with E-state index < -0.39 is 0 Å². The first kappa shape index (κ1) is 16.3. The zero-order valence-electron chi connectivity index (χ0n) is 14.9. The fourth-order valence-electron chi connectivity index (χ4n) is 3.24. The second-order valence-corrected chi connectivity index (χ2v) is 7.31. The number of nitrogens with zero attached hydrogens (tertiary/aromatic N) is 4. The number of hydrogen-bond donors (Lipinski definition) is 1. The number of benzene rings is 2. The monoisotopic (exact) mass is 375 g/mol. The Morgan fingerprint density at radius 1 is 1.07 bits per heavy atom. The van der Waals surface area contributed by atoms with Crippen molar-refractivity contribution >= 4 is 28.3 Å². The Morgan fingerprint density at radius 3 is 2.67 bits per heavy atom. The molecule has 4 aromatic rings. The summed E-state index contributed by atoms with van der Waals surface area (Å²) in [4.78, 5) is 9.43. The van der Waals surface area contributed by atoms with Crippen molar-refractivity contribution < 1.29 is 0 Å². The Hall–Kier alpha value is -2.92. The first-order valence-corrected chi connectivity index (χ1v) is 9.41. The highest BCUT2D eigenvalue weighted by atomic mass is 35.5. The molecule has 2 aromatic heterocycles. The molecule has 134 valence electrons. The second-order valence-electron chi connectivity index (χ2n) is 6.91. The second kappa shape index (κ2) is 6.35. The van der Waals surface area contributed by atoms with E-state index in [2.05, 4.69) is 40.5 Å². The summed E-state index contributed by atoms with van der Waals surface area (Å²) in [5, 5.41) is 9.45. The average Bonchev–Trinajstić information content (AvgIpc) is 3.30. The van der Waals surface area contributed by atoms with Crippen molar-refractivity contribution in [3.63, 3.8) is 0 Å². The Balaban J connectivity index is 1.73. The lowest BCUT2D eigenvalue weighted by Crippen LogP contribution is -2.09. The normalized spacial score (nSPS) is 13.9. The molecule has 5 rings (SSSR count). The van der Waals surface area contributed by atoms with Gasteiger partial charge in [0, 0.05) is 29.4 Å². The number of aromatic nitrogens is 4. The molecule has 1 N–H and O–H groups in total. The van der Waals surface area contributed by atoms with Gasteiger partial charge in [0.15, 0.2) is 0 Å². The minimum atomic E-state index is 0.478. The molecule has 27 heavy (non-hydrogen) atoms. The molecule has 1 saturated carbocycles. The number of anilines is 1. The predicted molar refractivity (Wildman–Crippen MR) is 108 cm³/mol. The predicted octanol–water partition coefficient (Wildman–Crippen LogP) is 5.02. The van der Waals surface area contributed by atoms with Gasteiger partial charge >= 0.3 is 0 Å². The number of aryl methyl sites for hydroxylation is 1. The minimum absolute atomic E-state index is 0.478. The quantitative estimate of drug-likeness (QED) is 0.544. The number of halogens is 1. The van der Waals surface area contributed by atoms with Crippen molar-refractivity contribution in [2.45, 2.75) is 25.8 Å². The standard InChI is InChI=1S/C21H18ClN5/c1-13-5-2-3-6-15(13)16-11-17-19(12-18(16)22)25-21(27-10-4-9-23-27)26-20(17)24-14-7-8-14/h2-6,9-12,14H,7-8H2,1H3,(H,24,25,26). The highest BCUT2D eigenvalue weighted by Crippen LogP contribution is 2.36. The van der Waals surface area contributed by atoms with Crippen molar-refractivity contribution in [3.05, 3.63) is 65.4 Å².